The molecule has 23 heavy (non-hydrogen) atoms. The molecule has 4 nitrogen and oxygen atoms in total. The summed E-state index contributed by atoms with van der Waals surface area (Å²) in [6, 6.07) is 0. The molecule has 4 bridgehead atoms. The van der Waals surface area contributed by atoms with E-state index in [0.29, 0.717) is 24.2 Å². The van der Waals surface area contributed by atoms with Crippen molar-refractivity contribution in [3.63, 3.8) is 0 Å². The molecule has 4 fully saturated rings. The summed E-state index contributed by atoms with van der Waals surface area (Å²) in [5.41, 5.74) is 0. The molecule has 4 aliphatic carbocycles. The minimum Gasteiger partial charge on any atom is -0.468 e. The fourth-order valence-corrected chi connectivity index (χ4v) is 5.42. The Kier molecular flexibility index (Phi) is 3.82. The van der Waals surface area contributed by atoms with Crippen molar-refractivity contribution in [3.05, 3.63) is 11.9 Å². The minimum absolute atomic E-state index is 0.00371. The number of ether oxygens (including phenoxy) is 1. The number of hydrogen-bond donors (Lipinski definition) is 0. The van der Waals surface area contributed by atoms with Crippen molar-refractivity contribution in [2.24, 2.45) is 34.6 Å². The van der Waals surface area contributed by atoms with E-state index in [0.717, 1.165) is 17.9 Å². The predicted molar refractivity (Wildman–Crippen MR) is 82.4 cm³/mol. The molecule has 0 aromatic carbocycles. The summed E-state index contributed by atoms with van der Waals surface area (Å²) in [4.78, 5) is 27.0. The van der Waals surface area contributed by atoms with E-state index < -0.39 is 11.7 Å². The number of carbonyl (C=O) groups is 2. The molecule has 4 saturated carbocycles. The SMILES string of the molecule is O=C(COC1=NC(=O)CC=C1F)CC1C2CC3CC(C2)CC1C3. The average Bonchev–Trinajstić information content (AvgIpc) is 2.51. The molecule has 5 heteroatoms. The monoisotopic (exact) mass is 319 g/mol. The summed E-state index contributed by atoms with van der Waals surface area (Å²) in [5.74, 6) is 2.23. The first-order valence-corrected chi connectivity index (χ1v) is 8.70. The van der Waals surface area contributed by atoms with Gasteiger partial charge in [-0.25, -0.2) is 4.39 Å². The highest BCUT2D eigenvalue weighted by molar-refractivity contribution is 6.03. The third kappa shape index (κ3) is 2.98. The van der Waals surface area contributed by atoms with Crippen LogP contribution < -0.4 is 0 Å². The topological polar surface area (TPSA) is 55.7 Å². The van der Waals surface area contributed by atoms with Gasteiger partial charge in [0.2, 0.25) is 0 Å². The van der Waals surface area contributed by atoms with Crippen molar-refractivity contribution in [2.75, 3.05) is 6.61 Å². The highest BCUT2D eigenvalue weighted by Gasteiger charge is 2.48. The Morgan fingerprint density at radius 2 is 1.83 bits per heavy atom. The number of halogens is 1. The summed E-state index contributed by atoms with van der Waals surface area (Å²) in [5, 5.41) is 0. The van der Waals surface area contributed by atoms with Crippen LogP contribution in [-0.4, -0.2) is 24.2 Å². The third-order valence-electron chi connectivity index (χ3n) is 6.14. The molecule has 1 heterocycles. The molecule has 0 saturated heterocycles. The number of Topliss-reactive ketones (excluding diaryl/α,β-unsaturated/α-hetero) is 1. The lowest BCUT2D eigenvalue weighted by Gasteiger charge is -2.54. The highest BCUT2D eigenvalue weighted by Crippen LogP contribution is 2.57. The van der Waals surface area contributed by atoms with Gasteiger partial charge in [0, 0.05) is 6.42 Å². The van der Waals surface area contributed by atoms with Gasteiger partial charge in [0.25, 0.3) is 11.8 Å². The molecule has 0 atom stereocenters. The molecule has 124 valence electrons. The zero-order chi connectivity index (χ0) is 16.0. The van der Waals surface area contributed by atoms with E-state index in [9.17, 15) is 14.0 Å². The first-order valence-electron chi connectivity index (χ1n) is 8.70. The van der Waals surface area contributed by atoms with Gasteiger partial charge in [-0.3, -0.25) is 9.59 Å². The highest BCUT2D eigenvalue weighted by atomic mass is 19.1. The molecule has 0 aromatic rings. The Hall–Kier alpha value is -1.52. The Bertz CT molecular complexity index is 567. The number of aliphatic imine (C=N–C) groups is 1. The molecule has 1 amide bonds. The van der Waals surface area contributed by atoms with Gasteiger partial charge in [-0.2, -0.15) is 4.99 Å². The van der Waals surface area contributed by atoms with E-state index in [1.165, 1.54) is 32.1 Å². The molecule has 0 spiro atoms. The van der Waals surface area contributed by atoms with Gasteiger partial charge < -0.3 is 4.74 Å². The molecular weight excluding hydrogens is 297 g/mol. The van der Waals surface area contributed by atoms with E-state index in [4.69, 9.17) is 4.74 Å². The van der Waals surface area contributed by atoms with Crippen LogP contribution >= 0.6 is 0 Å². The zero-order valence-corrected chi connectivity index (χ0v) is 13.2. The minimum atomic E-state index is -0.646. The fraction of sp³-hybridized carbons (Fsp3) is 0.722. The molecule has 0 aromatic heterocycles. The third-order valence-corrected chi connectivity index (χ3v) is 6.14. The molecule has 0 radical (unpaired) electrons. The molecule has 0 unspecified atom stereocenters. The lowest BCUT2D eigenvalue weighted by atomic mass is 9.51. The smallest absolute Gasteiger partial charge is 0.253 e. The second-order valence-corrected chi connectivity index (χ2v) is 7.69. The summed E-state index contributed by atoms with van der Waals surface area (Å²) in [6.07, 6.45) is 8.16. The van der Waals surface area contributed by atoms with Crippen LogP contribution in [-0.2, 0) is 14.3 Å². The van der Waals surface area contributed by atoms with Gasteiger partial charge >= 0.3 is 0 Å². The van der Waals surface area contributed by atoms with Gasteiger partial charge in [0.1, 0.15) is 6.61 Å². The predicted octanol–water partition coefficient (Wildman–Crippen LogP) is 3.22. The number of amides is 1. The standard InChI is InChI=1S/C18H22FNO3/c19-16-1-2-17(22)20-18(16)23-9-14(21)8-15-12-4-10-3-11(6-12)7-13(15)5-10/h1,10-13,15H,2-9H2. The largest absolute Gasteiger partial charge is 0.468 e. The van der Waals surface area contributed by atoms with E-state index in [-0.39, 0.29) is 24.7 Å². The van der Waals surface area contributed by atoms with Crippen molar-refractivity contribution in [1.29, 1.82) is 0 Å². The maximum atomic E-state index is 13.5. The lowest BCUT2D eigenvalue weighted by molar-refractivity contribution is -0.126. The van der Waals surface area contributed by atoms with E-state index in [2.05, 4.69) is 4.99 Å². The van der Waals surface area contributed by atoms with E-state index in [1.54, 1.807) is 0 Å². The normalized spacial score (nSPS) is 38.3. The Labute approximate surface area is 135 Å². The second-order valence-electron chi connectivity index (χ2n) is 7.69. The van der Waals surface area contributed by atoms with Gasteiger partial charge in [-0.05, 0) is 67.8 Å². The van der Waals surface area contributed by atoms with Crippen LogP contribution in [0, 0.1) is 29.6 Å². The molecular formula is C18H22FNO3. The Balaban J connectivity index is 1.32. The maximum absolute atomic E-state index is 13.5. The van der Waals surface area contributed by atoms with E-state index >= 15 is 0 Å². The average molecular weight is 319 g/mol. The Morgan fingerprint density at radius 3 is 2.48 bits per heavy atom. The van der Waals surface area contributed by atoms with Crippen molar-refractivity contribution in [2.45, 2.75) is 44.9 Å². The van der Waals surface area contributed by atoms with Crippen LogP contribution in [0.15, 0.2) is 16.9 Å². The number of ketones is 1. The summed E-state index contributed by atoms with van der Waals surface area (Å²) in [6.45, 7) is -0.184. The van der Waals surface area contributed by atoms with E-state index in [1.807, 2.05) is 0 Å². The van der Waals surface area contributed by atoms with Crippen molar-refractivity contribution >= 4 is 17.6 Å². The number of dihydropyridines is 1. The second kappa shape index (κ2) is 5.84. The fourth-order valence-electron chi connectivity index (χ4n) is 5.42. The van der Waals surface area contributed by atoms with Gasteiger partial charge in [0.05, 0.1) is 6.42 Å². The van der Waals surface area contributed by atoms with Crippen LogP contribution in [0.25, 0.3) is 0 Å². The van der Waals surface area contributed by atoms with Crippen LogP contribution in [0.1, 0.15) is 44.9 Å². The van der Waals surface area contributed by atoms with Crippen molar-refractivity contribution in [3.8, 4) is 0 Å². The Morgan fingerprint density at radius 1 is 1.17 bits per heavy atom. The molecule has 1 aliphatic heterocycles. The van der Waals surface area contributed by atoms with Crippen molar-refractivity contribution in [1.82, 2.24) is 0 Å². The van der Waals surface area contributed by atoms with Gasteiger partial charge in [0.15, 0.2) is 11.6 Å². The van der Waals surface area contributed by atoms with Gasteiger partial charge in [-0.15, -0.1) is 0 Å². The maximum Gasteiger partial charge on any atom is 0.253 e. The lowest BCUT2D eigenvalue weighted by Crippen LogP contribution is -2.45. The number of carbonyl (C=O) groups excluding carboxylic acids is 2. The van der Waals surface area contributed by atoms with Crippen LogP contribution in [0.3, 0.4) is 0 Å². The number of rotatable bonds is 4. The van der Waals surface area contributed by atoms with Crippen LogP contribution in [0.2, 0.25) is 0 Å². The summed E-state index contributed by atoms with van der Waals surface area (Å²) < 4.78 is 18.7. The number of hydrogen-bond acceptors (Lipinski definition) is 3. The molecule has 5 rings (SSSR count). The van der Waals surface area contributed by atoms with Crippen LogP contribution in [0.5, 0.6) is 0 Å². The molecule has 0 N–H and O–H groups in total. The first kappa shape index (κ1) is 15.0. The first-order chi connectivity index (χ1) is 11.1. The summed E-state index contributed by atoms with van der Waals surface area (Å²) in [7, 11) is 0. The molecule has 5 aliphatic rings. The zero-order valence-electron chi connectivity index (χ0n) is 13.2. The number of nitrogens with zero attached hydrogens (tertiary/aromatic N) is 1. The van der Waals surface area contributed by atoms with Crippen LogP contribution in [0.4, 0.5) is 4.39 Å². The van der Waals surface area contributed by atoms with Crippen molar-refractivity contribution < 1.29 is 18.7 Å². The van der Waals surface area contributed by atoms with Gasteiger partial charge in [-0.1, -0.05) is 0 Å². The summed E-state index contributed by atoms with van der Waals surface area (Å²) >= 11 is 0. The quantitative estimate of drug-likeness (QED) is 0.799.